The summed E-state index contributed by atoms with van der Waals surface area (Å²) in [4.78, 5) is 42.5. The van der Waals surface area contributed by atoms with E-state index in [0.29, 0.717) is 10.9 Å². The second-order valence-corrected chi connectivity index (χ2v) is 7.14. The molecule has 0 spiro atoms. The van der Waals surface area contributed by atoms with Crippen LogP contribution in [0.15, 0.2) is 29.6 Å². The monoisotopic (exact) mass is 403 g/mol. The van der Waals surface area contributed by atoms with E-state index in [1.807, 2.05) is 12.1 Å². The zero-order valence-electron chi connectivity index (χ0n) is 15.8. The molecule has 1 aliphatic heterocycles. The van der Waals surface area contributed by atoms with Gasteiger partial charge in [-0.3, -0.25) is 9.59 Å². The van der Waals surface area contributed by atoms with E-state index in [9.17, 15) is 14.4 Å². The molecule has 1 aliphatic rings. The molecule has 1 aromatic heterocycles. The molecular formula is C19H21N3O5S. The number of benzene rings is 1. The Kier molecular flexibility index (Phi) is 5.93. The van der Waals surface area contributed by atoms with Crippen LogP contribution in [-0.4, -0.2) is 48.4 Å². The predicted octanol–water partition coefficient (Wildman–Crippen LogP) is 2.49. The number of methoxy groups -OCH3 is 1. The van der Waals surface area contributed by atoms with Gasteiger partial charge in [0.2, 0.25) is 11.8 Å². The Hall–Kier alpha value is -2.94. The number of likely N-dealkylation sites (tertiary alicyclic amines) is 1. The van der Waals surface area contributed by atoms with Crippen LogP contribution in [0.1, 0.15) is 35.4 Å². The van der Waals surface area contributed by atoms with Crippen molar-refractivity contribution in [3.05, 3.63) is 40.9 Å². The minimum Gasteiger partial charge on any atom is -0.497 e. The molecule has 1 N–H and O–H groups in total. The maximum absolute atomic E-state index is 12.9. The highest BCUT2D eigenvalue weighted by atomic mass is 32.1. The van der Waals surface area contributed by atoms with E-state index < -0.39 is 11.9 Å². The fourth-order valence-electron chi connectivity index (χ4n) is 3.19. The van der Waals surface area contributed by atoms with E-state index in [4.69, 9.17) is 9.47 Å². The lowest BCUT2D eigenvalue weighted by molar-refractivity contribution is -0.128. The number of amides is 2. The molecule has 0 radical (unpaired) electrons. The van der Waals surface area contributed by atoms with Crippen LogP contribution >= 0.6 is 11.3 Å². The molecule has 1 aromatic carbocycles. The number of hydrogen-bond acceptors (Lipinski definition) is 7. The van der Waals surface area contributed by atoms with Crippen molar-refractivity contribution in [2.24, 2.45) is 5.92 Å². The van der Waals surface area contributed by atoms with Crippen molar-refractivity contribution in [2.75, 3.05) is 26.1 Å². The van der Waals surface area contributed by atoms with E-state index in [2.05, 4.69) is 10.3 Å². The fraction of sp³-hybridized carbons (Fsp3) is 0.368. The minimum atomic E-state index is -0.569. The molecular weight excluding hydrogens is 382 g/mol. The number of aromatic nitrogens is 1. The van der Waals surface area contributed by atoms with Gasteiger partial charge in [0.15, 0.2) is 10.8 Å². The van der Waals surface area contributed by atoms with Crippen LogP contribution in [0, 0.1) is 5.92 Å². The molecule has 8 nitrogen and oxygen atoms in total. The lowest BCUT2D eigenvalue weighted by Gasteiger charge is -2.24. The molecule has 28 heavy (non-hydrogen) atoms. The van der Waals surface area contributed by atoms with Gasteiger partial charge in [-0.25, -0.2) is 9.78 Å². The molecule has 2 amide bonds. The Morgan fingerprint density at radius 3 is 2.68 bits per heavy atom. The Morgan fingerprint density at radius 2 is 2.04 bits per heavy atom. The number of thiazole rings is 1. The molecule has 1 fully saturated rings. The highest BCUT2D eigenvalue weighted by molar-refractivity contribution is 7.14. The van der Waals surface area contributed by atoms with E-state index in [-0.39, 0.29) is 36.6 Å². The normalized spacial score (nSPS) is 18.8. The molecule has 1 saturated heterocycles. The Labute approximate surface area is 166 Å². The first-order valence-electron chi connectivity index (χ1n) is 8.77. The van der Waals surface area contributed by atoms with Crippen molar-refractivity contribution in [1.29, 1.82) is 0 Å². The van der Waals surface area contributed by atoms with Gasteiger partial charge in [0.1, 0.15) is 5.75 Å². The SMILES string of the molecule is CCOC(=O)c1csc(NC(=O)[C@H]2CC(=O)N(C)[C@H]2c2ccc(OC)cc2)n1. The third-order valence-electron chi connectivity index (χ3n) is 4.60. The van der Waals surface area contributed by atoms with Gasteiger partial charge in [0.25, 0.3) is 0 Å². The zero-order chi connectivity index (χ0) is 20.3. The number of carbonyl (C=O) groups excluding carboxylic acids is 3. The molecule has 0 bridgehead atoms. The van der Waals surface area contributed by atoms with Crippen molar-refractivity contribution in [3.63, 3.8) is 0 Å². The standard InChI is InChI=1S/C19H21N3O5S/c1-4-27-18(25)14-10-28-19(20-14)21-17(24)13-9-15(23)22(2)16(13)11-5-7-12(26-3)8-6-11/h5-8,10,13,16H,4,9H2,1-3H3,(H,20,21,24)/t13-,16-/m0/s1. The average molecular weight is 403 g/mol. The molecule has 2 atom stereocenters. The number of anilines is 1. The summed E-state index contributed by atoms with van der Waals surface area (Å²) in [6.07, 6.45) is 0.106. The lowest BCUT2D eigenvalue weighted by atomic mass is 9.93. The van der Waals surface area contributed by atoms with Gasteiger partial charge in [-0.15, -0.1) is 11.3 Å². The van der Waals surface area contributed by atoms with E-state index in [0.717, 1.165) is 16.9 Å². The van der Waals surface area contributed by atoms with Crippen molar-refractivity contribution in [2.45, 2.75) is 19.4 Å². The molecule has 0 saturated carbocycles. The first kappa shape index (κ1) is 19.8. The third kappa shape index (κ3) is 3.99. The molecule has 9 heteroatoms. The Bertz CT molecular complexity index is 880. The van der Waals surface area contributed by atoms with Gasteiger partial charge >= 0.3 is 5.97 Å². The molecule has 2 aromatic rings. The Balaban J connectivity index is 1.77. The Morgan fingerprint density at radius 1 is 1.32 bits per heavy atom. The summed E-state index contributed by atoms with van der Waals surface area (Å²) in [7, 11) is 3.27. The molecule has 0 aliphatic carbocycles. The average Bonchev–Trinajstić information content (AvgIpc) is 3.27. The highest BCUT2D eigenvalue weighted by Gasteiger charge is 2.42. The lowest BCUT2D eigenvalue weighted by Crippen LogP contribution is -2.30. The topological polar surface area (TPSA) is 97.8 Å². The third-order valence-corrected chi connectivity index (χ3v) is 5.36. The number of nitrogens with one attached hydrogen (secondary N) is 1. The number of nitrogens with zero attached hydrogens (tertiary/aromatic N) is 2. The van der Waals surface area contributed by atoms with Crippen LogP contribution in [0.4, 0.5) is 5.13 Å². The summed E-state index contributed by atoms with van der Waals surface area (Å²) in [5, 5.41) is 4.54. The van der Waals surface area contributed by atoms with Crippen LogP contribution < -0.4 is 10.1 Å². The van der Waals surface area contributed by atoms with Crippen LogP contribution in [0.2, 0.25) is 0 Å². The smallest absolute Gasteiger partial charge is 0.357 e. The summed E-state index contributed by atoms with van der Waals surface area (Å²) in [5.41, 5.74) is 0.995. The van der Waals surface area contributed by atoms with Gasteiger partial charge in [-0.1, -0.05) is 12.1 Å². The van der Waals surface area contributed by atoms with E-state index in [1.165, 1.54) is 5.38 Å². The zero-order valence-corrected chi connectivity index (χ0v) is 16.6. The molecule has 0 unspecified atom stereocenters. The van der Waals surface area contributed by atoms with Crippen LogP contribution in [-0.2, 0) is 14.3 Å². The summed E-state index contributed by atoms with van der Waals surface area (Å²) in [6.45, 7) is 1.96. The first-order chi connectivity index (χ1) is 13.4. The van der Waals surface area contributed by atoms with Gasteiger partial charge < -0.3 is 19.7 Å². The van der Waals surface area contributed by atoms with Crippen LogP contribution in [0.5, 0.6) is 5.75 Å². The van der Waals surface area contributed by atoms with Gasteiger partial charge in [-0.05, 0) is 24.6 Å². The van der Waals surface area contributed by atoms with Gasteiger partial charge in [0, 0.05) is 18.8 Å². The number of rotatable bonds is 6. The minimum absolute atomic E-state index is 0.104. The second-order valence-electron chi connectivity index (χ2n) is 6.28. The fourth-order valence-corrected chi connectivity index (χ4v) is 3.87. The van der Waals surface area contributed by atoms with Gasteiger partial charge in [-0.2, -0.15) is 0 Å². The number of esters is 1. The largest absolute Gasteiger partial charge is 0.497 e. The quantitative estimate of drug-likeness (QED) is 0.744. The summed E-state index contributed by atoms with van der Waals surface area (Å²) in [5.74, 6) is -0.825. The molecule has 148 valence electrons. The van der Waals surface area contributed by atoms with Crippen LogP contribution in [0.25, 0.3) is 0 Å². The number of carbonyl (C=O) groups is 3. The first-order valence-corrected chi connectivity index (χ1v) is 9.65. The maximum atomic E-state index is 12.9. The summed E-state index contributed by atoms with van der Waals surface area (Å²) >= 11 is 1.14. The van der Waals surface area contributed by atoms with Gasteiger partial charge in [0.05, 0.1) is 25.7 Å². The maximum Gasteiger partial charge on any atom is 0.357 e. The van der Waals surface area contributed by atoms with Crippen LogP contribution in [0.3, 0.4) is 0 Å². The van der Waals surface area contributed by atoms with E-state index in [1.54, 1.807) is 38.1 Å². The predicted molar refractivity (Wildman–Crippen MR) is 103 cm³/mol. The molecule has 3 rings (SSSR count). The number of ether oxygens (including phenoxy) is 2. The van der Waals surface area contributed by atoms with E-state index >= 15 is 0 Å². The molecule has 2 heterocycles. The number of hydrogen-bond donors (Lipinski definition) is 1. The van der Waals surface area contributed by atoms with Crippen molar-refractivity contribution in [1.82, 2.24) is 9.88 Å². The second kappa shape index (κ2) is 8.39. The highest BCUT2D eigenvalue weighted by Crippen LogP contribution is 2.38. The van der Waals surface area contributed by atoms with Crippen molar-refractivity contribution >= 4 is 34.3 Å². The van der Waals surface area contributed by atoms with Crippen molar-refractivity contribution in [3.8, 4) is 5.75 Å². The van der Waals surface area contributed by atoms with Crippen molar-refractivity contribution < 1.29 is 23.9 Å². The summed E-state index contributed by atoms with van der Waals surface area (Å²) in [6, 6.07) is 6.91. The summed E-state index contributed by atoms with van der Waals surface area (Å²) < 4.78 is 10.1.